The van der Waals surface area contributed by atoms with Gasteiger partial charge in [0.05, 0.1) is 6.42 Å². The van der Waals surface area contributed by atoms with Crippen molar-refractivity contribution in [1.82, 2.24) is 9.97 Å². The smallest absolute Gasteiger partial charge is 0.308 e. The van der Waals surface area contributed by atoms with Gasteiger partial charge in [0.1, 0.15) is 0 Å². The molecule has 0 radical (unpaired) electrons. The van der Waals surface area contributed by atoms with Gasteiger partial charge in [0, 0.05) is 24.6 Å². The Kier molecular flexibility index (Phi) is 6.66. The molecule has 0 aliphatic carbocycles. The van der Waals surface area contributed by atoms with E-state index in [0.29, 0.717) is 18.2 Å². The molecule has 0 unspecified atom stereocenters. The number of hydrogen-bond acceptors (Lipinski definition) is 6. The summed E-state index contributed by atoms with van der Waals surface area (Å²) in [6.07, 6.45) is 3.32. The number of rotatable bonds is 7. The Bertz CT molecular complexity index is 725. The van der Waals surface area contributed by atoms with Crippen LogP contribution in [0.2, 0.25) is 0 Å². The third-order valence-electron chi connectivity index (χ3n) is 3.58. The van der Waals surface area contributed by atoms with Crippen molar-refractivity contribution in [3.63, 3.8) is 0 Å². The normalized spacial score (nSPS) is 10.9. The highest BCUT2D eigenvalue weighted by atomic mass is 16.5. The molecule has 0 bridgehead atoms. The van der Waals surface area contributed by atoms with Crippen molar-refractivity contribution in [3.05, 3.63) is 48.3 Å². The molecule has 0 atom stereocenters. The van der Waals surface area contributed by atoms with Gasteiger partial charge in [0.25, 0.3) is 5.91 Å². The van der Waals surface area contributed by atoms with Crippen LogP contribution in [0, 0.1) is 0 Å². The van der Waals surface area contributed by atoms with Crippen molar-refractivity contribution >= 4 is 23.5 Å². The van der Waals surface area contributed by atoms with Gasteiger partial charge in [-0.1, -0.05) is 32.9 Å². The van der Waals surface area contributed by atoms with Gasteiger partial charge in [-0.25, -0.2) is 9.97 Å². The number of benzene rings is 1. The van der Waals surface area contributed by atoms with Gasteiger partial charge in [-0.3, -0.25) is 9.59 Å². The molecule has 0 aliphatic heterocycles. The Hall–Kier alpha value is -2.96. The Morgan fingerprint density at radius 1 is 1.08 bits per heavy atom. The molecular weight excluding hydrogens is 332 g/mol. The van der Waals surface area contributed by atoms with Crippen LogP contribution in [0.3, 0.4) is 0 Å². The van der Waals surface area contributed by atoms with Gasteiger partial charge in [-0.05, 0) is 29.2 Å². The molecule has 7 nitrogen and oxygen atoms in total. The minimum Gasteiger partial charge on any atom is -0.456 e. The summed E-state index contributed by atoms with van der Waals surface area (Å²) in [6, 6.07) is 9.32. The van der Waals surface area contributed by atoms with E-state index in [1.54, 1.807) is 18.5 Å². The number of nitrogens with one attached hydrogen (secondary N) is 2. The summed E-state index contributed by atoms with van der Waals surface area (Å²) in [4.78, 5) is 31.5. The van der Waals surface area contributed by atoms with Crippen LogP contribution in [0.15, 0.2) is 42.7 Å². The highest BCUT2D eigenvalue weighted by molar-refractivity contribution is 5.92. The lowest BCUT2D eigenvalue weighted by atomic mass is 9.87. The molecule has 0 fully saturated rings. The minimum absolute atomic E-state index is 0.0525. The zero-order valence-electron chi connectivity index (χ0n) is 15.3. The quantitative estimate of drug-likeness (QED) is 0.741. The maximum absolute atomic E-state index is 11.9. The van der Waals surface area contributed by atoms with Crippen LogP contribution >= 0.6 is 0 Å². The first-order valence-corrected chi connectivity index (χ1v) is 8.41. The third kappa shape index (κ3) is 6.51. The van der Waals surface area contributed by atoms with Gasteiger partial charge < -0.3 is 15.4 Å². The largest absolute Gasteiger partial charge is 0.456 e. The number of anilines is 2. The first kappa shape index (κ1) is 19.4. The van der Waals surface area contributed by atoms with Crippen LogP contribution in [-0.2, 0) is 19.7 Å². The monoisotopic (exact) mass is 356 g/mol. The molecule has 2 N–H and O–H groups in total. The lowest BCUT2D eigenvalue weighted by Crippen LogP contribution is -2.22. The van der Waals surface area contributed by atoms with E-state index in [1.807, 2.05) is 24.3 Å². The fourth-order valence-corrected chi connectivity index (χ4v) is 2.14. The molecule has 0 saturated carbocycles. The summed E-state index contributed by atoms with van der Waals surface area (Å²) in [5.74, 6) is -0.399. The lowest BCUT2D eigenvalue weighted by molar-refractivity contribution is -0.147. The van der Waals surface area contributed by atoms with Gasteiger partial charge in [0.2, 0.25) is 5.95 Å². The predicted octanol–water partition coefficient (Wildman–Crippen LogP) is 2.76. The topological polar surface area (TPSA) is 93.2 Å². The van der Waals surface area contributed by atoms with Crippen molar-refractivity contribution < 1.29 is 14.3 Å². The summed E-state index contributed by atoms with van der Waals surface area (Å²) in [5.41, 5.74) is 1.90. The van der Waals surface area contributed by atoms with Crippen LogP contribution in [0.1, 0.15) is 32.8 Å². The highest BCUT2D eigenvalue weighted by Gasteiger charge is 2.13. The van der Waals surface area contributed by atoms with E-state index in [1.165, 1.54) is 5.56 Å². The van der Waals surface area contributed by atoms with Crippen molar-refractivity contribution in [2.75, 3.05) is 23.8 Å². The highest BCUT2D eigenvalue weighted by Crippen LogP contribution is 2.23. The van der Waals surface area contributed by atoms with E-state index < -0.39 is 5.97 Å². The van der Waals surface area contributed by atoms with E-state index in [9.17, 15) is 9.59 Å². The minimum atomic E-state index is -0.466. The summed E-state index contributed by atoms with van der Waals surface area (Å²) in [6.45, 7) is 6.39. The average Bonchev–Trinajstić information content (AvgIpc) is 2.60. The number of hydrogen-bond donors (Lipinski definition) is 2. The van der Waals surface area contributed by atoms with Gasteiger partial charge >= 0.3 is 5.97 Å². The average molecular weight is 356 g/mol. The molecule has 1 aromatic carbocycles. The molecule has 7 heteroatoms. The maximum atomic E-state index is 11.9. The van der Waals surface area contributed by atoms with E-state index in [0.717, 1.165) is 0 Å². The molecular formula is C19H24N4O3. The molecule has 138 valence electrons. The molecule has 0 aliphatic rings. The maximum Gasteiger partial charge on any atom is 0.308 e. The third-order valence-corrected chi connectivity index (χ3v) is 3.58. The van der Waals surface area contributed by atoms with Gasteiger partial charge in [-0.15, -0.1) is 0 Å². The Balaban J connectivity index is 1.68. The van der Waals surface area contributed by atoms with E-state index >= 15 is 0 Å². The summed E-state index contributed by atoms with van der Waals surface area (Å²) < 4.78 is 4.96. The van der Waals surface area contributed by atoms with Crippen LogP contribution in [-0.4, -0.2) is 35.0 Å². The van der Waals surface area contributed by atoms with E-state index in [2.05, 4.69) is 41.4 Å². The molecule has 2 aromatic rings. The second kappa shape index (κ2) is 8.94. The summed E-state index contributed by atoms with van der Waals surface area (Å²) in [5, 5.41) is 5.60. The number of nitrogens with zero attached hydrogens (tertiary/aromatic N) is 2. The molecule has 1 amide bonds. The molecule has 0 saturated heterocycles. The number of carbonyl (C=O) groups excluding carboxylic acids is 2. The zero-order valence-corrected chi connectivity index (χ0v) is 15.3. The summed E-state index contributed by atoms with van der Waals surface area (Å²) in [7, 11) is 0. The molecule has 1 aromatic heterocycles. The fraction of sp³-hybridized carbons (Fsp3) is 0.368. The van der Waals surface area contributed by atoms with Crippen LogP contribution in [0.5, 0.6) is 0 Å². The number of amides is 1. The standard InChI is InChI=1S/C19H24N4O3/c1-19(2,3)14-5-7-15(8-6-14)23-16(24)13-26-17(25)9-12-22-18-20-10-4-11-21-18/h4-8,10-11H,9,12-13H2,1-3H3,(H,23,24)(H,20,21,22). The van der Waals surface area contributed by atoms with E-state index in [-0.39, 0.29) is 24.3 Å². The lowest BCUT2D eigenvalue weighted by Gasteiger charge is -2.19. The molecule has 1 heterocycles. The molecule has 26 heavy (non-hydrogen) atoms. The van der Waals surface area contributed by atoms with Crippen molar-refractivity contribution in [3.8, 4) is 0 Å². The van der Waals surface area contributed by atoms with Crippen LogP contribution < -0.4 is 10.6 Å². The van der Waals surface area contributed by atoms with Crippen LogP contribution in [0.4, 0.5) is 11.6 Å². The van der Waals surface area contributed by atoms with Gasteiger partial charge in [0.15, 0.2) is 6.61 Å². The van der Waals surface area contributed by atoms with Crippen LogP contribution in [0.25, 0.3) is 0 Å². The predicted molar refractivity (Wildman–Crippen MR) is 99.9 cm³/mol. The SMILES string of the molecule is CC(C)(C)c1ccc(NC(=O)COC(=O)CCNc2ncccn2)cc1. The van der Waals surface area contributed by atoms with Crippen molar-refractivity contribution in [2.24, 2.45) is 0 Å². The Morgan fingerprint density at radius 2 is 1.73 bits per heavy atom. The number of esters is 1. The molecule has 2 rings (SSSR count). The Morgan fingerprint density at radius 3 is 2.35 bits per heavy atom. The Labute approximate surface area is 153 Å². The van der Waals surface area contributed by atoms with E-state index in [4.69, 9.17) is 4.74 Å². The second-order valence-corrected chi connectivity index (χ2v) is 6.79. The van der Waals surface area contributed by atoms with Crippen molar-refractivity contribution in [2.45, 2.75) is 32.6 Å². The molecule has 0 spiro atoms. The number of aromatic nitrogens is 2. The summed E-state index contributed by atoms with van der Waals surface area (Å²) >= 11 is 0. The number of carbonyl (C=O) groups is 2. The van der Waals surface area contributed by atoms with Crippen molar-refractivity contribution in [1.29, 1.82) is 0 Å². The zero-order chi connectivity index (χ0) is 19.0. The first-order valence-electron chi connectivity index (χ1n) is 8.41. The van der Waals surface area contributed by atoms with Gasteiger partial charge in [-0.2, -0.15) is 0 Å². The number of ether oxygens (including phenoxy) is 1. The fourth-order valence-electron chi connectivity index (χ4n) is 2.14. The first-order chi connectivity index (χ1) is 12.3. The second-order valence-electron chi connectivity index (χ2n) is 6.79.